The Morgan fingerprint density at radius 1 is 1.23 bits per heavy atom. The van der Waals surface area contributed by atoms with E-state index < -0.39 is 24.3 Å². The third-order valence-electron chi connectivity index (χ3n) is 4.27. The van der Waals surface area contributed by atoms with Gasteiger partial charge in [0.15, 0.2) is 0 Å². The molecule has 0 aliphatic carbocycles. The maximum absolute atomic E-state index is 11.3. The molecule has 0 amide bonds. The Labute approximate surface area is 137 Å². The highest BCUT2D eigenvalue weighted by Gasteiger charge is 2.52. The molecule has 1 aromatic rings. The van der Waals surface area contributed by atoms with Crippen molar-refractivity contribution >= 4 is 31.8 Å². The van der Waals surface area contributed by atoms with E-state index in [-0.39, 0.29) is 5.56 Å². The summed E-state index contributed by atoms with van der Waals surface area (Å²) in [5, 5.41) is 9.27. The molecular weight excluding hydrogens is 299 g/mol. The van der Waals surface area contributed by atoms with Crippen LogP contribution in [-0.4, -0.2) is 35.1 Å². The van der Waals surface area contributed by atoms with E-state index in [0.717, 1.165) is 5.47 Å². The molecule has 4 nitrogen and oxygen atoms in total. The van der Waals surface area contributed by atoms with E-state index >= 15 is 0 Å². The molecule has 1 aliphatic heterocycles. The van der Waals surface area contributed by atoms with Gasteiger partial charge in [-0.25, -0.2) is 4.79 Å². The molecule has 1 N–H and O–H groups in total. The van der Waals surface area contributed by atoms with E-state index in [1.807, 2.05) is 27.7 Å². The summed E-state index contributed by atoms with van der Waals surface area (Å²) in [6.07, 6.45) is 1.79. The number of carboxylic acids is 1. The quantitative estimate of drug-likeness (QED) is 0.660. The Morgan fingerprint density at radius 2 is 1.77 bits per heavy atom. The van der Waals surface area contributed by atoms with Crippen LogP contribution in [0.4, 0.5) is 0 Å². The van der Waals surface area contributed by atoms with Crippen LogP contribution in [0.25, 0.3) is 6.08 Å². The first-order chi connectivity index (χ1) is 10.2. The second-order valence-electron chi connectivity index (χ2n) is 6.36. The lowest BCUT2D eigenvalue weighted by Crippen LogP contribution is -2.41. The van der Waals surface area contributed by atoms with Crippen LogP contribution in [0, 0.1) is 0 Å². The Balaban J connectivity index is 2.36. The van der Waals surface area contributed by atoms with E-state index in [0.29, 0.717) is 11.3 Å². The number of rotatable bonds is 4. The van der Waals surface area contributed by atoms with Gasteiger partial charge in [0.05, 0.1) is 16.8 Å². The van der Waals surface area contributed by atoms with Gasteiger partial charge in [-0.1, -0.05) is 24.3 Å². The Bertz CT molecular complexity index is 594. The first-order valence-electron chi connectivity index (χ1n) is 7.17. The van der Waals surface area contributed by atoms with Crippen molar-refractivity contribution in [2.75, 3.05) is 5.75 Å². The van der Waals surface area contributed by atoms with Gasteiger partial charge in [0.25, 0.3) is 0 Å². The van der Waals surface area contributed by atoms with Gasteiger partial charge >= 0.3 is 13.1 Å². The van der Waals surface area contributed by atoms with Crippen molar-refractivity contribution in [3.05, 3.63) is 40.9 Å². The first-order valence-corrected chi connectivity index (χ1v) is 7.80. The van der Waals surface area contributed by atoms with Gasteiger partial charge in [0, 0.05) is 5.75 Å². The highest BCUT2D eigenvalue weighted by atomic mass is 32.1. The lowest BCUT2D eigenvalue weighted by Gasteiger charge is -2.32. The summed E-state index contributed by atoms with van der Waals surface area (Å²) in [6, 6.07) is 6.85. The van der Waals surface area contributed by atoms with Crippen LogP contribution in [0.5, 0.6) is 0 Å². The lowest BCUT2D eigenvalue weighted by molar-refractivity contribution is 0.00578. The van der Waals surface area contributed by atoms with E-state index in [1.54, 1.807) is 30.3 Å². The van der Waals surface area contributed by atoms with Gasteiger partial charge in [-0.05, 0) is 44.8 Å². The standard InChI is InChI=1S/C16H21BO4S/c1-15(2)16(3,4)21-17(20-15)12(10-22)9-11-7-5-6-8-13(11)14(18)19/h5-9,22H,10H2,1-4H3,(H,18,19). The molecule has 1 aromatic carbocycles. The molecule has 1 aliphatic rings. The van der Waals surface area contributed by atoms with Crippen LogP contribution in [0.2, 0.25) is 0 Å². The van der Waals surface area contributed by atoms with Crippen molar-refractivity contribution in [3.63, 3.8) is 0 Å². The van der Waals surface area contributed by atoms with E-state index in [1.165, 1.54) is 0 Å². The van der Waals surface area contributed by atoms with Crippen molar-refractivity contribution in [1.82, 2.24) is 0 Å². The molecule has 1 heterocycles. The van der Waals surface area contributed by atoms with E-state index in [4.69, 9.17) is 9.31 Å². The monoisotopic (exact) mass is 320 g/mol. The number of hydrogen-bond acceptors (Lipinski definition) is 4. The third kappa shape index (κ3) is 3.24. The van der Waals surface area contributed by atoms with Crippen LogP contribution < -0.4 is 0 Å². The summed E-state index contributed by atoms with van der Waals surface area (Å²) < 4.78 is 12.0. The summed E-state index contributed by atoms with van der Waals surface area (Å²) in [5.41, 5.74) is 0.792. The fourth-order valence-electron chi connectivity index (χ4n) is 2.20. The number of aromatic carboxylic acids is 1. The van der Waals surface area contributed by atoms with Crippen LogP contribution >= 0.6 is 12.6 Å². The van der Waals surface area contributed by atoms with Crippen LogP contribution in [-0.2, 0) is 9.31 Å². The molecule has 0 aromatic heterocycles. The summed E-state index contributed by atoms with van der Waals surface area (Å²) in [6.45, 7) is 7.92. The maximum atomic E-state index is 11.3. The summed E-state index contributed by atoms with van der Waals surface area (Å²) in [7, 11) is -0.524. The zero-order valence-corrected chi connectivity index (χ0v) is 14.2. The molecule has 0 atom stereocenters. The van der Waals surface area contributed by atoms with Crippen LogP contribution in [0.1, 0.15) is 43.6 Å². The number of thiol groups is 1. The van der Waals surface area contributed by atoms with Crippen LogP contribution in [0.3, 0.4) is 0 Å². The zero-order valence-electron chi connectivity index (χ0n) is 13.3. The summed E-state index contributed by atoms with van der Waals surface area (Å²) in [4.78, 5) is 11.3. The molecular formula is C16H21BO4S. The van der Waals surface area contributed by atoms with Gasteiger partial charge in [-0.2, -0.15) is 12.6 Å². The Kier molecular flexibility index (Phi) is 4.75. The fourth-order valence-corrected chi connectivity index (χ4v) is 2.44. The molecule has 1 fully saturated rings. The second-order valence-corrected chi connectivity index (χ2v) is 6.67. The molecule has 0 spiro atoms. The summed E-state index contributed by atoms with van der Waals surface area (Å²) in [5.74, 6) is -0.538. The minimum Gasteiger partial charge on any atom is -0.478 e. The van der Waals surface area contributed by atoms with Gasteiger partial charge < -0.3 is 14.4 Å². The molecule has 0 bridgehead atoms. The molecule has 2 rings (SSSR count). The van der Waals surface area contributed by atoms with Crippen LogP contribution in [0.15, 0.2) is 29.7 Å². The predicted octanol–water partition coefficient (Wildman–Crippen LogP) is 3.33. The molecule has 6 heteroatoms. The van der Waals surface area contributed by atoms with E-state index in [2.05, 4.69) is 12.6 Å². The van der Waals surface area contributed by atoms with Crippen molar-refractivity contribution < 1.29 is 19.2 Å². The van der Waals surface area contributed by atoms with Gasteiger partial charge in [0.2, 0.25) is 0 Å². The lowest BCUT2D eigenvalue weighted by atomic mass is 9.78. The first kappa shape index (κ1) is 17.1. The van der Waals surface area contributed by atoms with Crippen molar-refractivity contribution in [3.8, 4) is 0 Å². The molecule has 118 valence electrons. The smallest absolute Gasteiger partial charge is 0.478 e. The zero-order chi connectivity index (χ0) is 16.5. The predicted molar refractivity (Wildman–Crippen MR) is 91.3 cm³/mol. The fraction of sp³-hybridized carbons (Fsp3) is 0.438. The number of hydrogen-bond donors (Lipinski definition) is 2. The SMILES string of the molecule is CC1(C)OB(C(=Cc2ccccc2C(=O)O)CS)OC1(C)C. The van der Waals surface area contributed by atoms with Gasteiger partial charge in [-0.15, -0.1) is 0 Å². The van der Waals surface area contributed by atoms with E-state index in [9.17, 15) is 9.90 Å². The molecule has 1 saturated heterocycles. The number of benzene rings is 1. The average molecular weight is 320 g/mol. The minimum atomic E-state index is -0.959. The average Bonchev–Trinajstić information content (AvgIpc) is 2.64. The van der Waals surface area contributed by atoms with Gasteiger partial charge in [-0.3, -0.25) is 0 Å². The minimum absolute atomic E-state index is 0.248. The molecule has 0 saturated carbocycles. The summed E-state index contributed by atoms with van der Waals surface area (Å²) >= 11 is 4.34. The number of carboxylic acid groups (broad SMARTS) is 1. The van der Waals surface area contributed by atoms with Gasteiger partial charge in [0.1, 0.15) is 0 Å². The molecule has 22 heavy (non-hydrogen) atoms. The topological polar surface area (TPSA) is 55.8 Å². The Hall–Kier alpha value is -1.24. The molecule has 0 unspecified atom stereocenters. The molecule has 0 radical (unpaired) electrons. The highest BCUT2D eigenvalue weighted by molar-refractivity contribution is 7.80. The van der Waals surface area contributed by atoms with Crippen molar-refractivity contribution in [2.24, 2.45) is 0 Å². The normalized spacial score (nSPS) is 20.2. The number of carbonyl (C=O) groups is 1. The maximum Gasteiger partial charge on any atom is 0.491 e. The largest absolute Gasteiger partial charge is 0.491 e. The third-order valence-corrected chi connectivity index (χ3v) is 4.64. The Morgan fingerprint density at radius 3 is 2.27 bits per heavy atom. The van der Waals surface area contributed by atoms with Crippen molar-refractivity contribution in [1.29, 1.82) is 0 Å². The second kappa shape index (κ2) is 6.10. The van der Waals surface area contributed by atoms with Crippen molar-refractivity contribution in [2.45, 2.75) is 38.9 Å². The highest BCUT2D eigenvalue weighted by Crippen LogP contribution is 2.39.